The third kappa shape index (κ3) is 3.42. The zero-order chi connectivity index (χ0) is 14.4. The Morgan fingerprint density at radius 3 is 2.90 bits per heavy atom. The van der Waals surface area contributed by atoms with Gasteiger partial charge >= 0.3 is 0 Å². The number of ether oxygens (including phenoxy) is 1. The number of rotatable bonds is 7. The minimum absolute atomic E-state index is 0.179. The van der Waals surface area contributed by atoms with Crippen molar-refractivity contribution in [2.45, 2.75) is 32.7 Å². The van der Waals surface area contributed by atoms with Crippen LogP contribution < -0.4 is 15.8 Å². The van der Waals surface area contributed by atoms with E-state index in [1.54, 1.807) is 11.3 Å². The number of para-hydroxylation sites is 1. The van der Waals surface area contributed by atoms with Crippen molar-refractivity contribution < 1.29 is 4.74 Å². The highest BCUT2D eigenvalue weighted by atomic mass is 32.1. The maximum Gasteiger partial charge on any atom is 0.144 e. The van der Waals surface area contributed by atoms with Gasteiger partial charge in [0.05, 0.1) is 24.0 Å². The number of hydrogen-bond donors (Lipinski definition) is 2. The fourth-order valence-electron chi connectivity index (χ4n) is 1.94. The average Bonchev–Trinajstić information content (AvgIpc) is 2.99. The lowest BCUT2D eigenvalue weighted by atomic mass is 10.2. The molecule has 0 saturated heterocycles. The Balaban J connectivity index is 2.16. The standard InChI is InChI=1S/C15H21N3OS/c1-3-9-19-13-7-5-6-12(14(13)16)18-11(4-2)15-17-8-10-20-15/h5-8,10-11,18H,3-4,9,16H2,1-2H3. The van der Waals surface area contributed by atoms with Gasteiger partial charge in [-0.05, 0) is 25.0 Å². The highest BCUT2D eigenvalue weighted by Crippen LogP contribution is 2.33. The minimum Gasteiger partial charge on any atom is -0.491 e. The van der Waals surface area contributed by atoms with E-state index < -0.39 is 0 Å². The zero-order valence-corrected chi connectivity index (χ0v) is 12.7. The molecule has 4 nitrogen and oxygen atoms in total. The number of anilines is 2. The van der Waals surface area contributed by atoms with Gasteiger partial charge in [-0.2, -0.15) is 0 Å². The molecule has 0 aliphatic carbocycles. The average molecular weight is 291 g/mol. The van der Waals surface area contributed by atoms with Gasteiger partial charge in [-0.3, -0.25) is 0 Å². The molecular formula is C15H21N3OS. The molecule has 108 valence electrons. The SMILES string of the molecule is CCCOc1cccc(NC(CC)c2nccs2)c1N. The molecule has 2 rings (SSSR count). The number of thiazole rings is 1. The first-order valence-corrected chi connectivity index (χ1v) is 7.81. The number of nitrogens with zero attached hydrogens (tertiary/aromatic N) is 1. The van der Waals surface area contributed by atoms with Crippen LogP contribution in [0.25, 0.3) is 0 Å². The van der Waals surface area contributed by atoms with Crippen molar-refractivity contribution in [2.75, 3.05) is 17.7 Å². The van der Waals surface area contributed by atoms with Crippen LogP contribution in [0, 0.1) is 0 Å². The summed E-state index contributed by atoms with van der Waals surface area (Å²) >= 11 is 1.65. The van der Waals surface area contributed by atoms with Crippen LogP contribution in [0.5, 0.6) is 5.75 Å². The van der Waals surface area contributed by atoms with Gasteiger partial charge in [0.1, 0.15) is 10.8 Å². The number of nitrogens with two attached hydrogens (primary N) is 1. The summed E-state index contributed by atoms with van der Waals surface area (Å²) in [6.07, 6.45) is 3.75. The summed E-state index contributed by atoms with van der Waals surface area (Å²) in [6.45, 7) is 4.89. The van der Waals surface area contributed by atoms with E-state index >= 15 is 0 Å². The van der Waals surface area contributed by atoms with Gasteiger partial charge in [0.15, 0.2) is 0 Å². The first-order chi connectivity index (χ1) is 9.76. The minimum atomic E-state index is 0.179. The third-order valence-electron chi connectivity index (χ3n) is 3.02. The molecule has 2 aromatic rings. The van der Waals surface area contributed by atoms with E-state index in [-0.39, 0.29) is 6.04 Å². The number of aromatic nitrogens is 1. The maximum atomic E-state index is 6.18. The Bertz CT molecular complexity index is 528. The van der Waals surface area contributed by atoms with Crippen molar-refractivity contribution in [1.82, 2.24) is 4.98 Å². The molecule has 0 fully saturated rings. The van der Waals surface area contributed by atoms with Crippen molar-refractivity contribution in [2.24, 2.45) is 0 Å². The molecule has 0 aliphatic rings. The van der Waals surface area contributed by atoms with Gasteiger partial charge in [0, 0.05) is 11.6 Å². The van der Waals surface area contributed by atoms with Gasteiger partial charge in [0.2, 0.25) is 0 Å². The smallest absolute Gasteiger partial charge is 0.144 e. The lowest BCUT2D eigenvalue weighted by Gasteiger charge is -2.19. The summed E-state index contributed by atoms with van der Waals surface area (Å²) < 4.78 is 5.65. The van der Waals surface area contributed by atoms with Gasteiger partial charge in [-0.1, -0.05) is 19.9 Å². The second-order valence-corrected chi connectivity index (χ2v) is 5.47. The molecule has 1 atom stereocenters. The van der Waals surface area contributed by atoms with Gasteiger partial charge in [0.25, 0.3) is 0 Å². The topological polar surface area (TPSA) is 60.2 Å². The van der Waals surface area contributed by atoms with Crippen molar-refractivity contribution in [3.8, 4) is 5.75 Å². The Labute approximate surface area is 124 Å². The molecule has 3 N–H and O–H groups in total. The monoisotopic (exact) mass is 291 g/mol. The predicted octanol–water partition coefficient (Wildman–Crippen LogP) is 4.08. The molecule has 0 radical (unpaired) electrons. The Morgan fingerprint density at radius 2 is 2.25 bits per heavy atom. The molecule has 0 saturated carbocycles. The lowest BCUT2D eigenvalue weighted by molar-refractivity contribution is 0.319. The highest BCUT2D eigenvalue weighted by molar-refractivity contribution is 7.09. The summed E-state index contributed by atoms with van der Waals surface area (Å²) in [5, 5.41) is 6.52. The fourth-order valence-corrected chi connectivity index (χ4v) is 2.71. The summed E-state index contributed by atoms with van der Waals surface area (Å²) in [4.78, 5) is 4.37. The largest absolute Gasteiger partial charge is 0.491 e. The first kappa shape index (κ1) is 14.7. The van der Waals surface area contributed by atoms with E-state index in [0.29, 0.717) is 12.3 Å². The molecule has 1 aromatic heterocycles. The molecule has 5 heteroatoms. The van der Waals surface area contributed by atoms with E-state index in [9.17, 15) is 0 Å². The van der Waals surface area contributed by atoms with E-state index in [1.165, 1.54) is 0 Å². The van der Waals surface area contributed by atoms with E-state index in [1.807, 2.05) is 29.8 Å². The number of benzene rings is 1. The summed E-state index contributed by atoms with van der Waals surface area (Å²) in [7, 11) is 0. The fraction of sp³-hybridized carbons (Fsp3) is 0.400. The molecule has 1 unspecified atom stereocenters. The van der Waals surface area contributed by atoms with Crippen molar-refractivity contribution in [3.05, 3.63) is 34.8 Å². The molecule has 0 amide bonds. The molecular weight excluding hydrogens is 270 g/mol. The van der Waals surface area contributed by atoms with Crippen LogP contribution in [0.1, 0.15) is 37.7 Å². The summed E-state index contributed by atoms with van der Waals surface area (Å²) in [5.41, 5.74) is 7.74. The third-order valence-corrected chi connectivity index (χ3v) is 3.90. The number of nitrogens with one attached hydrogen (secondary N) is 1. The van der Waals surface area contributed by atoms with Crippen LogP contribution in [0.15, 0.2) is 29.8 Å². The number of nitrogen functional groups attached to an aromatic ring is 1. The Morgan fingerprint density at radius 1 is 1.40 bits per heavy atom. The van der Waals surface area contributed by atoms with Crippen molar-refractivity contribution in [1.29, 1.82) is 0 Å². The zero-order valence-electron chi connectivity index (χ0n) is 11.9. The van der Waals surface area contributed by atoms with Crippen LogP contribution in [-0.4, -0.2) is 11.6 Å². The number of hydrogen-bond acceptors (Lipinski definition) is 5. The van der Waals surface area contributed by atoms with Crippen LogP contribution in [0.2, 0.25) is 0 Å². The second-order valence-electron chi connectivity index (χ2n) is 4.54. The van der Waals surface area contributed by atoms with Gasteiger partial charge in [-0.25, -0.2) is 4.98 Å². The molecule has 0 bridgehead atoms. The van der Waals surface area contributed by atoms with Gasteiger partial charge in [-0.15, -0.1) is 11.3 Å². The van der Waals surface area contributed by atoms with Crippen LogP contribution >= 0.6 is 11.3 Å². The van der Waals surface area contributed by atoms with Crippen LogP contribution in [-0.2, 0) is 0 Å². The first-order valence-electron chi connectivity index (χ1n) is 6.93. The normalized spacial score (nSPS) is 12.1. The second kappa shape index (κ2) is 7.14. The highest BCUT2D eigenvalue weighted by Gasteiger charge is 2.14. The Kier molecular flexibility index (Phi) is 5.24. The molecule has 1 aromatic carbocycles. The van der Waals surface area contributed by atoms with E-state index in [2.05, 4.69) is 24.1 Å². The predicted molar refractivity (Wildman–Crippen MR) is 85.4 cm³/mol. The van der Waals surface area contributed by atoms with Crippen LogP contribution in [0.3, 0.4) is 0 Å². The summed E-state index contributed by atoms with van der Waals surface area (Å²) in [5.74, 6) is 0.742. The summed E-state index contributed by atoms with van der Waals surface area (Å²) in [6, 6.07) is 6.02. The van der Waals surface area contributed by atoms with Crippen molar-refractivity contribution in [3.63, 3.8) is 0 Å². The molecule has 1 heterocycles. The maximum absolute atomic E-state index is 6.18. The van der Waals surface area contributed by atoms with Gasteiger partial charge < -0.3 is 15.8 Å². The van der Waals surface area contributed by atoms with Crippen molar-refractivity contribution >= 4 is 22.7 Å². The molecule has 0 aliphatic heterocycles. The van der Waals surface area contributed by atoms with E-state index in [0.717, 1.165) is 29.3 Å². The molecule has 0 spiro atoms. The van der Waals surface area contributed by atoms with E-state index in [4.69, 9.17) is 10.5 Å². The van der Waals surface area contributed by atoms with Crippen LogP contribution in [0.4, 0.5) is 11.4 Å². The quantitative estimate of drug-likeness (QED) is 0.755. The lowest BCUT2D eigenvalue weighted by Crippen LogP contribution is -2.11. The molecule has 20 heavy (non-hydrogen) atoms. The Hall–Kier alpha value is -1.75.